The average Bonchev–Trinajstić information content (AvgIpc) is 0.918. The third-order valence-electron chi connectivity index (χ3n) is 0. The summed E-state index contributed by atoms with van der Waals surface area (Å²) in [7, 11) is 0. The lowest BCUT2D eigenvalue weighted by molar-refractivity contribution is 1.09. The van der Waals surface area contributed by atoms with Crippen LogP contribution in [0.5, 0.6) is 0 Å². The van der Waals surface area contributed by atoms with E-state index >= 15 is 0 Å². The van der Waals surface area contributed by atoms with Crippen LogP contribution in [0.4, 0.5) is 0 Å². The van der Waals surface area contributed by atoms with Gasteiger partial charge in [0.25, 0.3) is 0 Å². The highest BCUT2D eigenvalue weighted by Gasteiger charge is 1.35. The molecule has 0 N–H and O–H groups in total. The molecule has 4 heavy (non-hydrogen) atoms. The Morgan fingerprint density at radius 1 is 1.25 bits per heavy atom. The fourth-order valence-electron chi connectivity index (χ4n) is 0. The van der Waals surface area contributed by atoms with Crippen LogP contribution in [0.1, 0.15) is 27.7 Å². The molecule has 0 bridgehead atoms. The largest absolute Gasteiger partial charge is 0.0776 e. The molecule has 0 heteroatoms. The molecule has 0 saturated heterocycles. The minimum atomic E-state index is 0. The molecule has 0 aromatic heterocycles. The third-order valence-corrected chi connectivity index (χ3v) is 0. The molecule has 0 radical (unpaired) electrons. The van der Waals surface area contributed by atoms with Crippen molar-refractivity contribution >= 4 is 0 Å². The molecule has 0 aromatic carbocycles. The van der Waals surface area contributed by atoms with Gasteiger partial charge in [-0.3, -0.25) is 0 Å². The monoisotopic (exact) mass is 60.1 g/mol. The summed E-state index contributed by atoms with van der Waals surface area (Å²) in [4.78, 5) is 0. The van der Waals surface area contributed by atoms with E-state index in [1.165, 1.54) is 6.42 Å². The van der Waals surface area contributed by atoms with Gasteiger partial charge in [0.1, 0.15) is 0 Å². The van der Waals surface area contributed by atoms with Gasteiger partial charge in [-0.25, -0.2) is 0 Å². The van der Waals surface area contributed by atoms with Crippen molar-refractivity contribution in [1.29, 1.82) is 0 Å². The molecule has 0 heterocycles. The third kappa shape index (κ3) is 0. The summed E-state index contributed by atoms with van der Waals surface area (Å²) in [5.74, 6) is 0. The van der Waals surface area contributed by atoms with Crippen molar-refractivity contribution in [2.75, 3.05) is 0 Å². The summed E-state index contributed by atoms with van der Waals surface area (Å²) in [5.41, 5.74) is 0. The topological polar surface area (TPSA) is 0 Å². The quantitative estimate of drug-likeness (QED) is 0.401. The standard InChI is InChI=1S/C3H8.CH4/c1-3-2;/h3H2,1-2H3;1H4. The second-order valence-corrected chi connectivity index (χ2v) is 0.707. The van der Waals surface area contributed by atoms with Gasteiger partial charge in [0, 0.05) is 0 Å². The fourth-order valence-corrected chi connectivity index (χ4v) is 0. The average molecular weight is 60.1 g/mol. The molecule has 28 valence electrons. The molecule has 0 amide bonds. The lowest BCUT2D eigenvalue weighted by Crippen LogP contribution is -1.27. The van der Waals surface area contributed by atoms with Crippen molar-refractivity contribution in [3.8, 4) is 0 Å². The Balaban J connectivity index is 0. The van der Waals surface area contributed by atoms with E-state index in [0.717, 1.165) is 0 Å². The second-order valence-electron chi connectivity index (χ2n) is 0.707. The maximum atomic E-state index is 2.12. The zero-order chi connectivity index (χ0) is 2.71. The Kier molecular flexibility index (Phi) is 27.0. The molecule has 0 fully saturated rings. The van der Waals surface area contributed by atoms with Crippen LogP contribution in [0, 0.1) is 0 Å². The van der Waals surface area contributed by atoms with E-state index in [4.69, 9.17) is 0 Å². The lowest BCUT2D eigenvalue weighted by atomic mass is 10.6. The Morgan fingerprint density at radius 2 is 1.25 bits per heavy atom. The Morgan fingerprint density at radius 3 is 1.25 bits per heavy atom. The highest BCUT2D eigenvalue weighted by molar-refractivity contribution is 3.92. The summed E-state index contributed by atoms with van der Waals surface area (Å²) in [6.45, 7) is 4.25. The van der Waals surface area contributed by atoms with E-state index in [1.807, 2.05) is 0 Å². The first-order valence-corrected chi connectivity index (χ1v) is 1.41. The van der Waals surface area contributed by atoms with Crippen molar-refractivity contribution in [1.82, 2.24) is 0 Å². The molecule has 0 aliphatic heterocycles. The number of hydrogen-bond acceptors (Lipinski definition) is 0. The van der Waals surface area contributed by atoms with Crippen LogP contribution in [-0.2, 0) is 0 Å². The molecule has 0 rings (SSSR count). The van der Waals surface area contributed by atoms with Crippen LogP contribution in [0.15, 0.2) is 0 Å². The van der Waals surface area contributed by atoms with Crippen molar-refractivity contribution in [2.24, 2.45) is 0 Å². The van der Waals surface area contributed by atoms with Crippen LogP contribution in [0.3, 0.4) is 0 Å². The minimum absolute atomic E-state index is 0. The van der Waals surface area contributed by atoms with Crippen molar-refractivity contribution < 1.29 is 0 Å². The molecular formula is C4H12. The van der Waals surface area contributed by atoms with E-state index < -0.39 is 0 Å². The summed E-state index contributed by atoms with van der Waals surface area (Å²) < 4.78 is 0. The first-order chi connectivity index (χ1) is 1.41. The molecule has 0 aliphatic rings. The van der Waals surface area contributed by atoms with Crippen LogP contribution in [0.25, 0.3) is 0 Å². The molecule has 0 nitrogen and oxygen atoms in total. The lowest BCUT2D eigenvalue weighted by Gasteiger charge is -1.48. The highest BCUT2D eigenvalue weighted by Crippen LogP contribution is 1.56. The maximum Gasteiger partial charge on any atom is -0.0590 e. The van der Waals surface area contributed by atoms with Gasteiger partial charge >= 0.3 is 0 Å². The van der Waals surface area contributed by atoms with Gasteiger partial charge in [-0.2, -0.15) is 0 Å². The van der Waals surface area contributed by atoms with Gasteiger partial charge in [-0.05, 0) is 0 Å². The van der Waals surface area contributed by atoms with Gasteiger partial charge in [0.05, 0.1) is 0 Å². The molecule has 0 aliphatic carbocycles. The van der Waals surface area contributed by atoms with Crippen molar-refractivity contribution in [2.45, 2.75) is 27.7 Å². The normalized spacial score (nSPS) is 4.50. The summed E-state index contributed by atoms with van der Waals surface area (Å²) >= 11 is 0. The molecule has 0 unspecified atom stereocenters. The number of hydrogen-bond donors (Lipinski definition) is 0. The SMILES string of the molecule is C.CCC. The molecule has 0 atom stereocenters. The predicted molar refractivity (Wildman–Crippen MR) is 22.7 cm³/mol. The highest BCUT2D eigenvalue weighted by atomic mass is 13.4. The van der Waals surface area contributed by atoms with Gasteiger partial charge in [0.15, 0.2) is 0 Å². The number of rotatable bonds is 0. The second kappa shape index (κ2) is 12.0. The van der Waals surface area contributed by atoms with Gasteiger partial charge in [-0.15, -0.1) is 0 Å². The van der Waals surface area contributed by atoms with E-state index in [9.17, 15) is 0 Å². The molecule has 0 spiro atoms. The summed E-state index contributed by atoms with van der Waals surface area (Å²) in [5, 5.41) is 0. The summed E-state index contributed by atoms with van der Waals surface area (Å²) in [6.07, 6.45) is 1.25. The fraction of sp³-hybridized carbons (Fsp3) is 1.00. The van der Waals surface area contributed by atoms with Crippen LogP contribution in [-0.4, -0.2) is 0 Å². The maximum absolute atomic E-state index is 2.12. The Labute approximate surface area is 28.8 Å². The van der Waals surface area contributed by atoms with E-state index in [-0.39, 0.29) is 7.43 Å². The smallest absolute Gasteiger partial charge is 0.0590 e. The molecular weight excluding hydrogens is 48.0 g/mol. The van der Waals surface area contributed by atoms with Crippen LogP contribution >= 0.6 is 0 Å². The predicted octanol–water partition coefficient (Wildman–Crippen LogP) is 2.05. The van der Waals surface area contributed by atoms with Gasteiger partial charge < -0.3 is 0 Å². The van der Waals surface area contributed by atoms with Crippen molar-refractivity contribution in [3.05, 3.63) is 0 Å². The van der Waals surface area contributed by atoms with Crippen LogP contribution < -0.4 is 0 Å². The summed E-state index contributed by atoms with van der Waals surface area (Å²) in [6, 6.07) is 0. The first-order valence-electron chi connectivity index (χ1n) is 1.41. The van der Waals surface area contributed by atoms with E-state index in [2.05, 4.69) is 13.8 Å². The van der Waals surface area contributed by atoms with Gasteiger partial charge in [0.2, 0.25) is 0 Å². The zero-order valence-electron chi connectivity index (χ0n) is 2.71. The zero-order valence-corrected chi connectivity index (χ0v) is 2.71. The first kappa shape index (κ1) is 9.00. The van der Waals surface area contributed by atoms with Gasteiger partial charge in [-0.1, -0.05) is 27.7 Å². The Hall–Kier alpha value is 0. The molecule has 0 aromatic rings. The van der Waals surface area contributed by atoms with Crippen molar-refractivity contribution in [3.63, 3.8) is 0 Å². The van der Waals surface area contributed by atoms with E-state index in [1.54, 1.807) is 0 Å². The Bertz CT molecular complexity index is 0. The van der Waals surface area contributed by atoms with E-state index in [0.29, 0.717) is 0 Å². The van der Waals surface area contributed by atoms with Crippen LogP contribution in [0.2, 0.25) is 0 Å². The minimum Gasteiger partial charge on any atom is -0.0776 e. The molecule has 0 saturated carbocycles.